The minimum Gasteiger partial charge on any atom is -0.290 e. The van der Waals surface area contributed by atoms with Gasteiger partial charge in [0.15, 0.2) is 5.82 Å². The summed E-state index contributed by atoms with van der Waals surface area (Å²) in [5.74, 6) is 0.297. The summed E-state index contributed by atoms with van der Waals surface area (Å²) in [6, 6.07) is 20.3. The van der Waals surface area contributed by atoms with Crippen LogP contribution in [0.1, 0.15) is 21.7 Å². The van der Waals surface area contributed by atoms with Crippen LogP contribution in [0, 0.1) is 6.92 Å². The number of anilines is 2. The molecular formula is C23H20N6O3S. The van der Waals surface area contributed by atoms with Crippen LogP contribution in [0.15, 0.2) is 79.0 Å². The van der Waals surface area contributed by atoms with Crippen molar-refractivity contribution in [3.05, 3.63) is 95.9 Å². The van der Waals surface area contributed by atoms with Crippen LogP contribution in [0.3, 0.4) is 0 Å². The minimum absolute atomic E-state index is 0.0980. The molecule has 1 amide bonds. The van der Waals surface area contributed by atoms with Crippen LogP contribution in [0.5, 0.6) is 0 Å². The molecule has 0 aliphatic rings. The molecule has 0 fully saturated rings. The molecule has 0 spiro atoms. The van der Waals surface area contributed by atoms with Crippen molar-refractivity contribution in [1.29, 1.82) is 0 Å². The first kappa shape index (κ1) is 22.0. The lowest BCUT2D eigenvalue weighted by atomic mass is 10.2. The summed E-state index contributed by atoms with van der Waals surface area (Å²) >= 11 is 0. The second-order valence-corrected chi connectivity index (χ2v) is 8.85. The molecule has 0 aliphatic heterocycles. The highest BCUT2D eigenvalue weighted by atomic mass is 32.2. The first-order valence-electron chi connectivity index (χ1n) is 9.98. The number of carbonyl (C=O) groups is 1. The summed E-state index contributed by atoms with van der Waals surface area (Å²) in [6.07, 6.45) is 1.63. The molecule has 0 radical (unpaired) electrons. The van der Waals surface area contributed by atoms with Gasteiger partial charge in [-0.2, -0.15) is 9.97 Å². The number of amides is 1. The molecule has 10 heteroatoms. The minimum atomic E-state index is -3.59. The van der Waals surface area contributed by atoms with Crippen molar-refractivity contribution in [3.63, 3.8) is 0 Å². The Morgan fingerprint density at radius 2 is 1.61 bits per heavy atom. The largest absolute Gasteiger partial charge is 0.290 e. The number of aryl methyl sites for hydroxylation is 1. The fourth-order valence-electron chi connectivity index (χ4n) is 3.02. The highest BCUT2D eigenvalue weighted by Gasteiger charge is 2.14. The van der Waals surface area contributed by atoms with E-state index >= 15 is 0 Å². The van der Waals surface area contributed by atoms with E-state index in [1.54, 1.807) is 49.5 Å². The molecule has 4 rings (SSSR count). The number of benzene rings is 2. The second kappa shape index (κ2) is 9.53. The zero-order valence-corrected chi connectivity index (χ0v) is 18.5. The fourth-order valence-corrected chi connectivity index (χ4v) is 4.22. The maximum Gasteiger partial charge on any atom is 0.258 e. The van der Waals surface area contributed by atoms with Gasteiger partial charge in [0.1, 0.15) is 11.5 Å². The molecule has 166 valence electrons. The molecule has 0 bridgehead atoms. The van der Waals surface area contributed by atoms with Gasteiger partial charge in [-0.1, -0.05) is 36.4 Å². The summed E-state index contributed by atoms with van der Waals surface area (Å²) in [5.41, 5.74) is 1.92. The predicted octanol–water partition coefficient (Wildman–Crippen LogP) is 3.44. The number of hydrogen-bond donors (Lipinski definition) is 2. The Morgan fingerprint density at radius 1 is 0.879 bits per heavy atom. The van der Waals surface area contributed by atoms with Gasteiger partial charge in [-0.25, -0.2) is 13.4 Å². The predicted molar refractivity (Wildman–Crippen MR) is 125 cm³/mol. The van der Waals surface area contributed by atoms with Gasteiger partial charge in [-0.05, 0) is 48.9 Å². The van der Waals surface area contributed by atoms with Crippen LogP contribution < -0.4 is 10.0 Å². The lowest BCUT2D eigenvalue weighted by molar-refractivity contribution is 0.102. The monoisotopic (exact) mass is 460 g/mol. The smallest absolute Gasteiger partial charge is 0.258 e. The molecule has 4 aromatic rings. The van der Waals surface area contributed by atoms with Crippen molar-refractivity contribution >= 4 is 27.6 Å². The van der Waals surface area contributed by atoms with E-state index in [2.05, 4.69) is 30.0 Å². The first-order valence-corrected chi connectivity index (χ1v) is 11.6. The molecule has 0 atom stereocenters. The molecule has 2 aromatic heterocycles. The third-order valence-corrected chi connectivity index (χ3v) is 5.75. The summed E-state index contributed by atoms with van der Waals surface area (Å²) in [7, 11) is -3.59. The van der Waals surface area contributed by atoms with Crippen LogP contribution in [0.2, 0.25) is 0 Å². The SMILES string of the molecule is Cc1nc(NC(=O)c2ccc(NS(=O)(=O)Cc3ccccc3)cc2)nc(-c2ccccn2)n1. The van der Waals surface area contributed by atoms with Crippen LogP contribution >= 0.6 is 0 Å². The second-order valence-electron chi connectivity index (χ2n) is 7.12. The molecule has 2 aromatic carbocycles. The van der Waals surface area contributed by atoms with Crippen molar-refractivity contribution in [2.75, 3.05) is 10.0 Å². The van der Waals surface area contributed by atoms with Gasteiger partial charge in [0.2, 0.25) is 16.0 Å². The molecule has 0 unspecified atom stereocenters. The third-order valence-electron chi connectivity index (χ3n) is 4.49. The van der Waals surface area contributed by atoms with E-state index in [-0.39, 0.29) is 11.7 Å². The standard InChI is InChI=1S/C23H20N6O3S/c1-16-25-21(20-9-5-6-14-24-20)27-23(26-16)28-22(30)18-10-12-19(13-11-18)29-33(31,32)15-17-7-3-2-4-8-17/h2-14,29H,15H2,1H3,(H,25,26,27,28,30). The number of nitrogens with zero attached hydrogens (tertiary/aromatic N) is 4. The molecule has 0 aliphatic carbocycles. The van der Waals surface area contributed by atoms with Gasteiger partial charge in [0, 0.05) is 17.4 Å². The first-order chi connectivity index (χ1) is 15.9. The lowest BCUT2D eigenvalue weighted by Gasteiger charge is -2.09. The quantitative estimate of drug-likeness (QED) is 0.432. The molecule has 2 heterocycles. The number of carbonyl (C=O) groups excluding carboxylic acids is 1. The number of sulfonamides is 1. The van der Waals surface area contributed by atoms with Crippen LogP contribution in [0.4, 0.5) is 11.6 Å². The molecule has 0 saturated carbocycles. The van der Waals surface area contributed by atoms with Gasteiger partial charge in [-0.15, -0.1) is 0 Å². The average molecular weight is 461 g/mol. The van der Waals surface area contributed by atoms with E-state index in [4.69, 9.17) is 0 Å². The fraction of sp³-hybridized carbons (Fsp3) is 0.0870. The van der Waals surface area contributed by atoms with Crippen molar-refractivity contribution in [2.24, 2.45) is 0 Å². The summed E-state index contributed by atoms with van der Waals surface area (Å²) < 4.78 is 27.3. The van der Waals surface area contributed by atoms with Gasteiger partial charge in [0.05, 0.1) is 5.75 Å². The normalized spacial score (nSPS) is 11.1. The Bertz CT molecular complexity index is 1360. The number of aromatic nitrogens is 4. The number of hydrogen-bond acceptors (Lipinski definition) is 7. The maximum atomic E-state index is 12.6. The topological polar surface area (TPSA) is 127 Å². The highest BCUT2D eigenvalue weighted by molar-refractivity contribution is 7.91. The Kier molecular flexibility index (Phi) is 6.36. The summed E-state index contributed by atoms with van der Waals surface area (Å²) in [5, 5.41) is 2.64. The van der Waals surface area contributed by atoms with Gasteiger partial charge in [-0.3, -0.25) is 19.8 Å². The average Bonchev–Trinajstić information content (AvgIpc) is 2.80. The molecule has 2 N–H and O–H groups in total. The maximum absolute atomic E-state index is 12.6. The van der Waals surface area contributed by atoms with Crippen LogP contribution in [0.25, 0.3) is 11.5 Å². The van der Waals surface area contributed by atoms with E-state index in [1.165, 1.54) is 24.3 Å². The van der Waals surface area contributed by atoms with Crippen LogP contribution in [-0.4, -0.2) is 34.3 Å². The van der Waals surface area contributed by atoms with E-state index in [0.717, 1.165) is 0 Å². The summed E-state index contributed by atoms with van der Waals surface area (Å²) in [6.45, 7) is 1.69. The van der Waals surface area contributed by atoms with Crippen molar-refractivity contribution in [3.8, 4) is 11.5 Å². The van der Waals surface area contributed by atoms with Crippen molar-refractivity contribution in [2.45, 2.75) is 12.7 Å². The highest BCUT2D eigenvalue weighted by Crippen LogP contribution is 2.16. The van der Waals surface area contributed by atoms with Crippen molar-refractivity contribution < 1.29 is 13.2 Å². The Hall–Kier alpha value is -4.18. The van der Waals surface area contributed by atoms with E-state index in [9.17, 15) is 13.2 Å². The van der Waals surface area contributed by atoms with E-state index in [1.807, 2.05) is 12.1 Å². The van der Waals surface area contributed by atoms with E-state index < -0.39 is 15.9 Å². The Morgan fingerprint density at radius 3 is 2.30 bits per heavy atom. The van der Waals surface area contributed by atoms with Crippen LogP contribution in [-0.2, 0) is 15.8 Å². The van der Waals surface area contributed by atoms with Gasteiger partial charge in [0.25, 0.3) is 5.91 Å². The van der Waals surface area contributed by atoms with Gasteiger partial charge < -0.3 is 0 Å². The molecule has 33 heavy (non-hydrogen) atoms. The lowest BCUT2D eigenvalue weighted by Crippen LogP contribution is -2.17. The Balaban J connectivity index is 1.44. The number of pyridine rings is 1. The number of nitrogens with one attached hydrogen (secondary N) is 2. The third kappa shape index (κ3) is 5.95. The number of rotatable bonds is 7. The molecule has 9 nitrogen and oxygen atoms in total. The van der Waals surface area contributed by atoms with Gasteiger partial charge >= 0.3 is 0 Å². The Labute approximate surface area is 191 Å². The summed E-state index contributed by atoms with van der Waals surface area (Å²) in [4.78, 5) is 29.5. The van der Waals surface area contributed by atoms with Crippen molar-refractivity contribution in [1.82, 2.24) is 19.9 Å². The zero-order chi connectivity index (χ0) is 23.3. The molecule has 0 saturated heterocycles. The van der Waals surface area contributed by atoms with E-state index in [0.29, 0.717) is 34.2 Å². The molecular weight excluding hydrogens is 440 g/mol. The zero-order valence-electron chi connectivity index (χ0n) is 17.6.